The normalized spacial score (nSPS) is 17.8. The number of amides is 1. The Hall–Kier alpha value is -3.16. The summed E-state index contributed by atoms with van der Waals surface area (Å²) < 4.78 is 5.30. The smallest absolute Gasteiger partial charge is 0.307 e. The van der Waals surface area contributed by atoms with Gasteiger partial charge in [-0.25, -0.2) is 4.98 Å². The van der Waals surface area contributed by atoms with Gasteiger partial charge in [0.05, 0.1) is 23.5 Å². The minimum Gasteiger partial charge on any atom is -0.466 e. The Kier molecular flexibility index (Phi) is 7.59. The molecule has 4 aromatic rings. The van der Waals surface area contributed by atoms with Crippen molar-refractivity contribution in [2.45, 2.75) is 44.6 Å². The Labute approximate surface area is 232 Å². The van der Waals surface area contributed by atoms with Crippen molar-refractivity contribution < 1.29 is 14.3 Å². The van der Waals surface area contributed by atoms with Gasteiger partial charge in [0.1, 0.15) is 5.01 Å². The van der Waals surface area contributed by atoms with Crippen LogP contribution in [0.5, 0.6) is 0 Å². The zero-order valence-electron chi connectivity index (χ0n) is 22.1. The number of carbonyl (C=O) groups excluding carboxylic acids is 2. The van der Waals surface area contributed by atoms with E-state index >= 15 is 0 Å². The zero-order chi connectivity index (χ0) is 26.9. The van der Waals surface area contributed by atoms with E-state index in [1.54, 1.807) is 30.0 Å². The van der Waals surface area contributed by atoms with Crippen LogP contribution in [0.4, 0.5) is 5.69 Å². The minimum absolute atomic E-state index is 0.0343. The second-order valence-corrected chi connectivity index (χ2v) is 12.9. The van der Waals surface area contributed by atoms with E-state index in [0.29, 0.717) is 13.2 Å². The quantitative estimate of drug-likeness (QED) is 0.235. The minimum atomic E-state index is -0.573. The van der Waals surface area contributed by atoms with Crippen LogP contribution in [0.25, 0.3) is 21.3 Å². The maximum atomic E-state index is 14.2. The molecule has 2 heterocycles. The maximum absolute atomic E-state index is 14.2. The number of thiazole rings is 1. The van der Waals surface area contributed by atoms with Crippen molar-refractivity contribution in [2.75, 3.05) is 18.1 Å². The molecule has 1 aliphatic heterocycles. The molecule has 0 radical (unpaired) electrons. The van der Waals surface area contributed by atoms with Gasteiger partial charge in [-0.3, -0.25) is 9.59 Å². The van der Waals surface area contributed by atoms with Gasteiger partial charge in [-0.1, -0.05) is 63.2 Å². The van der Waals surface area contributed by atoms with Crippen LogP contribution in [-0.2, 0) is 14.3 Å². The monoisotopic (exact) mass is 544 g/mol. The van der Waals surface area contributed by atoms with E-state index in [1.807, 2.05) is 28.6 Å². The molecule has 1 amide bonds. The number of fused-ring (bicyclic) bond motifs is 2. The molecule has 1 aliphatic rings. The Morgan fingerprint density at radius 3 is 2.58 bits per heavy atom. The lowest BCUT2D eigenvalue weighted by Crippen LogP contribution is -2.42. The number of carbonyl (C=O) groups is 2. The summed E-state index contributed by atoms with van der Waals surface area (Å²) in [5, 5.41) is 4.47. The first-order chi connectivity index (χ1) is 18.2. The molecule has 0 aliphatic carbocycles. The molecular formula is C31H32N2O3S2. The second-order valence-electron chi connectivity index (χ2n) is 10.7. The molecule has 5 nitrogen and oxygen atoms in total. The summed E-state index contributed by atoms with van der Waals surface area (Å²) >= 11 is 3.15. The first-order valence-corrected chi connectivity index (χ1v) is 14.7. The van der Waals surface area contributed by atoms with Crippen molar-refractivity contribution in [1.82, 2.24) is 4.98 Å². The molecule has 0 fully saturated rings. The Morgan fingerprint density at radius 2 is 1.84 bits per heavy atom. The predicted octanol–water partition coefficient (Wildman–Crippen LogP) is 7.50. The van der Waals surface area contributed by atoms with Crippen molar-refractivity contribution in [2.24, 2.45) is 5.41 Å². The molecule has 0 saturated heterocycles. The number of esters is 1. The molecule has 0 saturated carbocycles. The molecule has 0 bridgehead atoms. The number of ether oxygens (including phenoxy) is 1. The van der Waals surface area contributed by atoms with Gasteiger partial charge >= 0.3 is 5.97 Å². The number of nitrogens with zero attached hydrogens (tertiary/aromatic N) is 2. The fourth-order valence-electron chi connectivity index (χ4n) is 4.96. The topological polar surface area (TPSA) is 59.5 Å². The van der Waals surface area contributed by atoms with E-state index in [9.17, 15) is 9.59 Å². The second kappa shape index (κ2) is 10.9. The molecule has 0 spiro atoms. The largest absolute Gasteiger partial charge is 0.466 e. The Balaban J connectivity index is 1.73. The van der Waals surface area contributed by atoms with Crippen LogP contribution in [0.3, 0.4) is 0 Å². The van der Waals surface area contributed by atoms with Gasteiger partial charge in [0.15, 0.2) is 0 Å². The van der Waals surface area contributed by atoms with Crippen LogP contribution in [0, 0.1) is 5.41 Å². The van der Waals surface area contributed by atoms with Gasteiger partial charge in [0.2, 0.25) is 5.91 Å². The van der Waals surface area contributed by atoms with Crippen LogP contribution < -0.4 is 4.90 Å². The van der Waals surface area contributed by atoms with Crippen molar-refractivity contribution in [3.63, 3.8) is 0 Å². The number of thioether (sulfide) groups is 1. The Morgan fingerprint density at radius 1 is 1.05 bits per heavy atom. The molecule has 38 heavy (non-hydrogen) atoms. The first-order valence-electron chi connectivity index (χ1n) is 12.9. The number of aromatic nitrogens is 1. The van der Waals surface area contributed by atoms with Crippen LogP contribution in [0.15, 0.2) is 72.2 Å². The number of hydrogen-bond donors (Lipinski definition) is 0. The van der Waals surface area contributed by atoms with Gasteiger partial charge in [-0.2, -0.15) is 0 Å². The lowest BCUT2D eigenvalue weighted by atomic mass is 9.93. The number of benzene rings is 3. The van der Waals surface area contributed by atoms with Crippen LogP contribution in [-0.4, -0.2) is 35.3 Å². The highest BCUT2D eigenvalue weighted by Gasteiger charge is 2.39. The summed E-state index contributed by atoms with van der Waals surface area (Å²) in [5.41, 5.74) is 3.96. The fraction of sp³-hybridized carbons (Fsp3) is 0.323. The number of rotatable bonds is 6. The molecule has 2 atom stereocenters. The predicted molar refractivity (Wildman–Crippen MR) is 158 cm³/mol. The summed E-state index contributed by atoms with van der Waals surface area (Å²) in [5.74, 6) is -0.399. The highest BCUT2D eigenvalue weighted by atomic mass is 32.2. The van der Waals surface area contributed by atoms with Gasteiger partial charge in [0, 0.05) is 29.4 Å². The highest BCUT2D eigenvalue weighted by Crippen LogP contribution is 2.50. The highest BCUT2D eigenvalue weighted by molar-refractivity contribution is 8.01. The SMILES string of the molecule is CCOC(=O)C[C@H]1S[C@H](c2cccc3ccccc23)c2cc(-c3nccs3)ccc2N(CC(C)(C)C)C1=O. The van der Waals surface area contributed by atoms with E-state index in [2.05, 4.69) is 74.3 Å². The van der Waals surface area contributed by atoms with Gasteiger partial charge in [-0.05, 0) is 52.4 Å². The summed E-state index contributed by atoms with van der Waals surface area (Å²) in [6.07, 6.45) is 1.85. The van der Waals surface area contributed by atoms with Gasteiger partial charge in [0.25, 0.3) is 0 Å². The standard InChI is InChI=1S/C31H32N2O3S2/c1-5-36-27(34)18-26-30(35)33(19-31(2,3)4)25-14-13-21(29-32-15-16-37-29)17-24(25)28(38-26)23-12-8-10-20-9-6-7-11-22(20)23/h6-17,26,28H,5,18-19H2,1-4H3/t26-,28-/m1/s1. The molecule has 0 N–H and O–H groups in total. The van der Waals surface area contributed by atoms with Crippen LogP contribution >= 0.6 is 23.1 Å². The molecular weight excluding hydrogens is 512 g/mol. The first kappa shape index (κ1) is 26.4. The molecule has 0 unspecified atom stereocenters. The van der Waals surface area contributed by atoms with E-state index in [-0.39, 0.29) is 29.0 Å². The van der Waals surface area contributed by atoms with Crippen molar-refractivity contribution >= 4 is 51.4 Å². The lowest BCUT2D eigenvalue weighted by molar-refractivity contribution is -0.144. The summed E-state index contributed by atoms with van der Waals surface area (Å²) in [4.78, 5) is 33.3. The summed E-state index contributed by atoms with van der Waals surface area (Å²) in [6, 6.07) is 21.0. The molecule has 5 rings (SSSR count). The lowest BCUT2D eigenvalue weighted by Gasteiger charge is -2.32. The zero-order valence-corrected chi connectivity index (χ0v) is 23.8. The van der Waals surface area contributed by atoms with Crippen molar-refractivity contribution in [3.05, 3.63) is 83.4 Å². The van der Waals surface area contributed by atoms with Crippen LogP contribution in [0.1, 0.15) is 50.5 Å². The third-order valence-corrected chi connectivity index (χ3v) is 8.82. The fourth-order valence-corrected chi connectivity index (χ4v) is 7.09. The average Bonchev–Trinajstić information content (AvgIpc) is 3.41. The van der Waals surface area contributed by atoms with E-state index < -0.39 is 5.25 Å². The number of hydrogen-bond acceptors (Lipinski definition) is 6. The van der Waals surface area contributed by atoms with E-state index in [0.717, 1.165) is 38.2 Å². The average molecular weight is 545 g/mol. The molecule has 1 aromatic heterocycles. The van der Waals surface area contributed by atoms with E-state index in [1.165, 1.54) is 0 Å². The van der Waals surface area contributed by atoms with Gasteiger partial charge in [-0.15, -0.1) is 23.1 Å². The van der Waals surface area contributed by atoms with Crippen molar-refractivity contribution in [1.29, 1.82) is 0 Å². The van der Waals surface area contributed by atoms with Crippen molar-refractivity contribution in [3.8, 4) is 10.6 Å². The molecule has 7 heteroatoms. The summed E-state index contributed by atoms with van der Waals surface area (Å²) in [6.45, 7) is 9.01. The van der Waals surface area contributed by atoms with Gasteiger partial charge < -0.3 is 9.64 Å². The third-order valence-electron chi connectivity index (χ3n) is 6.52. The van der Waals surface area contributed by atoms with E-state index in [4.69, 9.17) is 4.74 Å². The molecule has 3 aromatic carbocycles. The third kappa shape index (κ3) is 5.49. The van der Waals surface area contributed by atoms with Crippen LogP contribution in [0.2, 0.25) is 0 Å². The Bertz CT molecular complexity index is 1450. The maximum Gasteiger partial charge on any atom is 0.307 e. The molecule has 196 valence electrons. The number of anilines is 1. The summed E-state index contributed by atoms with van der Waals surface area (Å²) in [7, 11) is 0.